The van der Waals surface area contributed by atoms with E-state index in [9.17, 15) is 18.8 Å². The van der Waals surface area contributed by atoms with Crippen molar-refractivity contribution in [3.05, 3.63) is 71.2 Å². The van der Waals surface area contributed by atoms with Crippen molar-refractivity contribution in [3.8, 4) is 11.3 Å². The van der Waals surface area contributed by atoms with Crippen LogP contribution in [0.1, 0.15) is 10.5 Å². The molecule has 8 nitrogen and oxygen atoms in total. The van der Waals surface area contributed by atoms with Gasteiger partial charge in [0.1, 0.15) is 11.5 Å². The fraction of sp³-hybridized carbons (Fsp3) is 0.111. The van der Waals surface area contributed by atoms with Crippen molar-refractivity contribution in [2.24, 2.45) is 5.73 Å². The molecule has 1 aromatic carbocycles. The van der Waals surface area contributed by atoms with Gasteiger partial charge in [-0.25, -0.2) is 9.37 Å². The molecule has 0 bridgehead atoms. The van der Waals surface area contributed by atoms with Crippen LogP contribution in [0.25, 0.3) is 16.9 Å². The molecule has 0 atom stereocenters. The van der Waals surface area contributed by atoms with E-state index >= 15 is 0 Å². The molecule has 0 aliphatic rings. The molecule has 2 amide bonds. The minimum atomic E-state index is -0.695. The number of primary amides is 1. The number of nitrogens with zero attached hydrogens (tertiary/aromatic N) is 3. The highest BCUT2D eigenvalue weighted by Gasteiger charge is 2.17. The van der Waals surface area contributed by atoms with Crippen molar-refractivity contribution >= 4 is 17.5 Å². The Labute approximate surface area is 152 Å². The Morgan fingerprint density at radius 3 is 2.59 bits per heavy atom. The van der Waals surface area contributed by atoms with E-state index < -0.39 is 23.2 Å². The number of hydrogen-bond acceptors (Lipinski definition) is 4. The molecule has 3 rings (SSSR count). The number of imidazole rings is 1. The summed E-state index contributed by atoms with van der Waals surface area (Å²) >= 11 is 0. The average molecular weight is 369 g/mol. The van der Waals surface area contributed by atoms with Crippen LogP contribution in [0, 0.1) is 5.82 Å². The quantitative estimate of drug-likeness (QED) is 0.623. The number of aromatic nitrogens is 3. The first-order valence-corrected chi connectivity index (χ1v) is 7.96. The molecule has 27 heavy (non-hydrogen) atoms. The zero-order chi connectivity index (χ0) is 19.6. The van der Waals surface area contributed by atoms with Gasteiger partial charge in [0.15, 0.2) is 0 Å². The Morgan fingerprint density at radius 2 is 1.96 bits per heavy atom. The van der Waals surface area contributed by atoms with Crippen molar-refractivity contribution in [2.75, 3.05) is 6.54 Å². The second kappa shape index (κ2) is 7.24. The Kier molecular flexibility index (Phi) is 4.84. The van der Waals surface area contributed by atoms with Crippen LogP contribution in [-0.4, -0.2) is 32.3 Å². The highest BCUT2D eigenvalue weighted by Crippen LogP contribution is 2.19. The third-order valence-corrected chi connectivity index (χ3v) is 3.83. The largest absolute Gasteiger partial charge is 0.368 e. The minimum absolute atomic E-state index is 0.0326. The molecule has 9 heteroatoms. The van der Waals surface area contributed by atoms with Crippen LogP contribution in [-0.2, 0) is 11.3 Å². The van der Waals surface area contributed by atoms with Gasteiger partial charge in [0.2, 0.25) is 11.6 Å². The maximum absolute atomic E-state index is 13.2. The smallest absolute Gasteiger partial charge is 0.295 e. The maximum Gasteiger partial charge on any atom is 0.295 e. The summed E-state index contributed by atoms with van der Waals surface area (Å²) in [4.78, 5) is 39.8. The summed E-state index contributed by atoms with van der Waals surface area (Å²) < 4.78 is 16.1. The lowest BCUT2D eigenvalue weighted by molar-refractivity contribution is -0.117. The molecule has 0 saturated heterocycles. The molecule has 0 saturated carbocycles. The van der Waals surface area contributed by atoms with Crippen molar-refractivity contribution < 1.29 is 14.0 Å². The number of carbonyl (C=O) groups is 2. The van der Waals surface area contributed by atoms with Crippen LogP contribution in [0.3, 0.4) is 0 Å². The monoisotopic (exact) mass is 369 g/mol. The molecule has 138 valence electrons. The van der Waals surface area contributed by atoms with Gasteiger partial charge in [-0.3, -0.25) is 23.4 Å². The summed E-state index contributed by atoms with van der Waals surface area (Å²) in [6.45, 7) is 3.51. The van der Waals surface area contributed by atoms with Gasteiger partial charge in [0, 0.05) is 18.9 Å². The number of allylic oxidation sites excluding steroid dienone is 1. The van der Waals surface area contributed by atoms with Gasteiger partial charge < -0.3 is 11.1 Å². The van der Waals surface area contributed by atoms with Crippen LogP contribution in [0.5, 0.6) is 0 Å². The molecule has 0 unspecified atom stereocenters. The molecule has 0 aliphatic heterocycles. The van der Waals surface area contributed by atoms with Crippen molar-refractivity contribution in [1.29, 1.82) is 0 Å². The molecule has 3 N–H and O–H groups in total. The Bertz CT molecular complexity index is 1100. The topological polar surface area (TPSA) is 111 Å². The predicted octanol–water partition coefficient (Wildman–Crippen LogP) is 0.703. The SMILES string of the molecule is C=CCn1c(-c2ccc(F)cc2)cn2cc(C(=O)NCC(N)=O)nc2c1=O. The Balaban J connectivity index is 2.13. The number of hydrogen-bond donors (Lipinski definition) is 2. The predicted molar refractivity (Wildman–Crippen MR) is 96.6 cm³/mol. The first-order chi connectivity index (χ1) is 12.9. The number of halogens is 1. The number of nitrogens with two attached hydrogens (primary N) is 1. The molecular formula is C18H16FN5O3. The van der Waals surface area contributed by atoms with Crippen LogP contribution in [0.4, 0.5) is 4.39 Å². The average Bonchev–Trinajstić information content (AvgIpc) is 3.07. The summed E-state index contributed by atoms with van der Waals surface area (Å²) in [7, 11) is 0. The number of nitrogens with one attached hydrogen (secondary N) is 1. The normalized spacial score (nSPS) is 10.7. The van der Waals surface area contributed by atoms with E-state index in [1.165, 1.54) is 27.3 Å². The highest BCUT2D eigenvalue weighted by atomic mass is 19.1. The second-order valence-electron chi connectivity index (χ2n) is 5.73. The van der Waals surface area contributed by atoms with E-state index in [0.717, 1.165) is 0 Å². The summed E-state index contributed by atoms with van der Waals surface area (Å²) in [6, 6.07) is 5.68. The van der Waals surface area contributed by atoms with Gasteiger partial charge >= 0.3 is 0 Å². The number of benzene rings is 1. The molecule has 0 radical (unpaired) electrons. The molecule has 2 aromatic heterocycles. The van der Waals surface area contributed by atoms with Crippen molar-refractivity contribution in [1.82, 2.24) is 19.3 Å². The Hall–Kier alpha value is -3.75. The summed E-state index contributed by atoms with van der Waals surface area (Å²) in [5.74, 6) is -1.72. The molecule has 2 heterocycles. The Morgan fingerprint density at radius 1 is 1.26 bits per heavy atom. The van der Waals surface area contributed by atoms with Gasteiger partial charge in [-0.1, -0.05) is 6.08 Å². The summed E-state index contributed by atoms with van der Waals surface area (Å²) in [5.41, 5.74) is 5.68. The lowest BCUT2D eigenvalue weighted by Crippen LogP contribution is -2.33. The number of carbonyl (C=O) groups excluding carboxylic acids is 2. The van der Waals surface area contributed by atoms with E-state index in [1.54, 1.807) is 24.4 Å². The van der Waals surface area contributed by atoms with Gasteiger partial charge in [0.25, 0.3) is 11.5 Å². The van der Waals surface area contributed by atoms with Crippen LogP contribution < -0.4 is 16.6 Å². The highest BCUT2D eigenvalue weighted by molar-refractivity contribution is 5.95. The lowest BCUT2D eigenvalue weighted by Gasteiger charge is -2.12. The van der Waals surface area contributed by atoms with Crippen LogP contribution >= 0.6 is 0 Å². The fourth-order valence-electron chi connectivity index (χ4n) is 2.61. The standard InChI is InChI=1S/C18H16FN5O3/c1-2-7-24-14(11-3-5-12(19)6-4-11)10-23-9-13(22-16(23)18(24)27)17(26)21-8-15(20)25/h2-6,9-10H,1,7-8H2,(H2,20,25)(H,21,26). The maximum atomic E-state index is 13.2. The van der Waals surface area contributed by atoms with E-state index in [0.29, 0.717) is 11.3 Å². The first kappa shape index (κ1) is 18.1. The van der Waals surface area contributed by atoms with E-state index in [-0.39, 0.29) is 24.4 Å². The number of fused-ring (bicyclic) bond motifs is 1. The molecule has 3 aromatic rings. The third kappa shape index (κ3) is 3.61. The zero-order valence-corrected chi connectivity index (χ0v) is 14.2. The molecular weight excluding hydrogens is 353 g/mol. The lowest BCUT2D eigenvalue weighted by atomic mass is 10.1. The van der Waals surface area contributed by atoms with Crippen molar-refractivity contribution in [2.45, 2.75) is 6.54 Å². The van der Waals surface area contributed by atoms with Crippen LogP contribution in [0.15, 0.2) is 54.1 Å². The van der Waals surface area contributed by atoms with Gasteiger partial charge in [-0.15, -0.1) is 6.58 Å². The number of rotatable bonds is 6. The van der Waals surface area contributed by atoms with Gasteiger partial charge in [-0.05, 0) is 29.8 Å². The molecule has 0 aliphatic carbocycles. The van der Waals surface area contributed by atoms with E-state index in [2.05, 4.69) is 16.9 Å². The molecule has 0 fully saturated rings. The van der Waals surface area contributed by atoms with Gasteiger partial charge in [-0.2, -0.15) is 0 Å². The minimum Gasteiger partial charge on any atom is -0.368 e. The summed E-state index contributed by atoms with van der Waals surface area (Å²) in [6.07, 6.45) is 4.54. The molecule has 0 spiro atoms. The number of amides is 2. The third-order valence-electron chi connectivity index (χ3n) is 3.83. The second-order valence-corrected chi connectivity index (χ2v) is 5.73. The van der Waals surface area contributed by atoms with E-state index in [1.807, 2.05) is 0 Å². The first-order valence-electron chi connectivity index (χ1n) is 7.96. The van der Waals surface area contributed by atoms with E-state index in [4.69, 9.17) is 5.73 Å². The van der Waals surface area contributed by atoms with Crippen LogP contribution in [0.2, 0.25) is 0 Å². The summed E-state index contributed by atoms with van der Waals surface area (Å²) in [5, 5.41) is 2.32. The van der Waals surface area contributed by atoms with Gasteiger partial charge in [0.05, 0.1) is 12.2 Å². The zero-order valence-electron chi connectivity index (χ0n) is 14.2. The van der Waals surface area contributed by atoms with Crippen molar-refractivity contribution in [3.63, 3.8) is 0 Å². The fourth-order valence-corrected chi connectivity index (χ4v) is 2.61.